The van der Waals surface area contributed by atoms with E-state index in [0.29, 0.717) is 36.6 Å². The van der Waals surface area contributed by atoms with Crippen LogP contribution in [0, 0.1) is 0 Å². The maximum atomic E-state index is 12.6. The molecule has 0 aliphatic heterocycles. The first-order valence-electron chi connectivity index (χ1n) is 13.7. The largest absolute Gasteiger partial charge is 0.489 e. The Morgan fingerprint density at radius 1 is 0.595 bits per heavy atom. The van der Waals surface area contributed by atoms with Crippen LogP contribution in [0.1, 0.15) is 37.4 Å². The maximum absolute atomic E-state index is 12.6. The van der Waals surface area contributed by atoms with Crippen LogP contribution in [0.15, 0.2) is 97.1 Å². The molecule has 0 spiro atoms. The van der Waals surface area contributed by atoms with Crippen LogP contribution in [-0.4, -0.2) is 40.0 Å². The third-order valence-electron chi connectivity index (χ3n) is 6.56. The van der Waals surface area contributed by atoms with E-state index < -0.39 is 0 Å². The van der Waals surface area contributed by atoms with Gasteiger partial charge in [0.05, 0.1) is 0 Å². The Bertz CT molecular complexity index is 1370. The first-order chi connectivity index (χ1) is 20.3. The summed E-state index contributed by atoms with van der Waals surface area (Å²) in [5, 5.41) is 0. The zero-order valence-electron chi connectivity index (χ0n) is 24.5. The van der Waals surface area contributed by atoms with Crippen LogP contribution in [0.4, 0.5) is 11.4 Å². The Morgan fingerprint density at radius 2 is 1.05 bits per heavy atom. The topological polar surface area (TPSA) is 98.0 Å². The minimum atomic E-state index is -0.222. The highest BCUT2D eigenvalue weighted by atomic mass is 16.5. The second kappa shape index (κ2) is 14.7. The minimum absolute atomic E-state index is 0.222. The van der Waals surface area contributed by atoms with Gasteiger partial charge in [-0.15, -0.1) is 0 Å². The first-order valence-corrected chi connectivity index (χ1v) is 13.7. The Hall–Kier alpha value is -4.86. The van der Waals surface area contributed by atoms with Crippen molar-refractivity contribution in [3.05, 3.63) is 125 Å². The maximum Gasteiger partial charge on any atom is 0.265 e. The molecule has 4 aromatic carbocycles. The molecule has 4 rings (SSSR count). The van der Waals surface area contributed by atoms with Gasteiger partial charge in [0.1, 0.15) is 12.4 Å². The van der Waals surface area contributed by atoms with Crippen LogP contribution in [0.3, 0.4) is 0 Å². The molecule has 0 atom stereocenters. The fraction of sp³-hybridized carbons (Fsp3) is 0.212. The van der Waals surface area contributed by atoms with Crippen molar-refractivity contribution in [3.63, 3.8) is 0 Å². The standard InChI is InChI=1S/C33H38N6O3/c1-38(2)29-14-10-27(11-15-29)32(40)36-34-21-25-18-26(20-31(19-25)42-23-24-8-6-5-7-9-24)22-35-37-33(41)28-12-16-30(17-13-28)39(3)4/h5-20,34-35H,21-23H2,1-4H3,(H,36,40)(H,37,41). The molecule has 0 saturated heterocycles. The van der Waals surface area contributed by atoms with Crippen LogP contribution in [0.2, 0.25) is 0 Å². The molecule has 4 N–H and O–H groups in total. The molecule has 0 aliphatic rings. The van der Waals surface area contributed by atoms with Crippen LogP contribution in [0.5, 0.6) is 5.75 Å². The lowest BCUT2D eigenvalue weighted by molar-refractivity contribution is 0.0924. The Morgan fingerprint density at radius 3 is 1.48 bits per heavy atom. The summed E-state index contributed by atoms with van der Waals surface area (Å²) in [6, 6.07) is 30.6. The van der Waals surface area contributed by atoms with Crippen LogP contribution in [0.25, 0.3) is 0 Å². The molecule has 9 nitrogen and oxygen atoms in total. The molecular weight excluding hydrogens is 528 g/mol. The predicted octanol–water partition coefficient (Wildman–Crippen LogP) is 4.27. The van der Waals surface area contributed by atoms with Gasteiger partial charge in [-0.25, -0.2) is 10.9 Å². The monoisotopic (exact) mass is 566 g/mol. The van der Waals surface area contributed by atoms with Gasteiger partial charge in [-0.05, 0) is 77.4 Å². The molecule has 0 radical (unpaired) electrons. The number of nitrogens with zero attached hydrogens (tertiary/aromatic N) is 2. The van der Waals surface area contributed by atoms with E-state index in [1.807, 2.05) is 111 Å². The average Bonchev–Trinajstić information content (AvgIpc) is 3.00. The summed E-state index contributed by atoms with van der Waals surface area (Å²) in [6.07, 6.45) is 0. The van der Waals surface area contributed by atoms with Crippen LogP contribution in [-0.2, 0) is 19.7 Å². The van der Waals surface area contributed by atoms with E-state index in [4.69, 9.17) is 4.74 Å². The number of carbonyl (C=O) groups is 2. The number of anilines is 2. The second-order valence-electron chi connectivity index (χ2n) is 10.3. The molecule has 42 heavy (non-hydrogen) atoms. The number of amides is 2. The Labute approximate surface area is 247 Å². The summed E-state index contributed by atoms with van der Waals surface area (Å²) in [5.74, 6) is 0.242. The van der Waals surface area contributed by atoms with E-state index in [1.165, 1.54) is 0 Å². The zero-order valence-corrected chi connectivity index (χ0v) is 24.5. The molecular formula is C33H38N6O3. The summed E-state index contributed by atoms with van der Waals surface area (Å²) in [5.41, 5.74) is 17.6. The predicted molar refractivity (Wildman–Crippen MR) is 167 cm³/mol. The molecule has 9 heteroatoms. The summed E-state index contributed by atoms with van der Waals surface area (Å²) in [6.45, 7) is 1.17. The fourth-order valence-corrected chi connectivity index (χ4v) is 4.18. The lowest BCUT2D eigenvalue weighted by Crippen LogP contribution is -2.37. The van der Waals surface area contributed by atoms with E-state index >= 15 is 0 Å². The van der Waals surface area contributed by atoms with Crippen molar-refractivity contribution >= 4 is 23.2 Å². The number of benzene rings is 4. The lowest BCUT2D eigenvalue weighted by atomic mass is 10.1. The number of nitrogens with one attached hydrogen (secondary N) is 4. The highest BCUT2D eigenvalue weighted by molar-refractivity contribution is 5.94. The van der Waals surface area contributed by atoms with Gasteiger partial charge >= 0.3 is 0 Å². The van der Waals surface area contributed by atoms with E-state index in [9.17, 15) is 9.59 Å². The van der Waals surface area contributed by atoms with E-state index in [0.717, 1.165) is 28.1 Å². The quantitative estimate of drug-likeness (QED) is 0.180. The van der Waals surface area contributed by atoms with Crippen molar-refractivity contribution in [1.82, 2.24) is 21.7 Å². The molecule has 0 fully saturated rings. The number of hydrazine groups is 2. The van der Waals surface area contributed by atoms with Gasteiger partial charge in [0.15, 0.2) is 0 Å². The molecule has 218 valence electrons. The Kier molecular flexibility index (Phi) is 10.5. The van der Waals surface area contributed by atoms with Gasteiger partial charge in [-0.1, -0.05) is 36.4 Å². The molecule has 0 aliphatic carbocycles. The van der Waals surface area contributed by atoms with Crippen LogP contribution >= 0.6 is 0 Å². The lowest BCUT2D eigenvalue weighted by Gasteiger charge is -2.15. The smallest absolute Gasteiger partial charge is 0.265 e. The van der Waals surface area contributed by atoms with E-state index in [1.54, 1.807) is 24.3 Å². The summed E-state index contributed by atoms with van der Waals surface area (Å²) < 4.78 is 6.09. The summed E-state index contributed by atoms with van der Waals surface area (Å²) in [7, 11) is 7.82. The third-order valence-corrected chi connectivity index (χ3v) is 6.56. The van der Waals surface area contributed by atoms with Crippen LogP contribution < -0.4 is 36.2 Å². The number of rotatable bonds is 13. The molecule has 4 aromatic rings. The summed E-state index contributed by atoms with van der Waals surface area (Å²) >= 11 is 0. The number of hydrogen-bond acceptors (Lipinski definition) is 7. The van der Waals surface area contributed by atoms with E-state index in [-0.39, 0.29) is 11.8 Å². The van der Waals surface area contributed by atoms with E-state index in [2.05, 4.69) is 21.7 Å². The molecule has 2 amide bonds. The minimum Gasteiger partial charge on any atom is -0.489 e. The van der Waals surface area contributed by atoms with Crippen molar-refractivity contribution in [2.45, 2.75) is 19.7 Å². The highest BCUT2D eigenvalue weighted by Crippen LogP contribution is 2.19. The van der Waals surface area contributed by atoms with Gasteiger partial charge in [-0.2, -0.15) is 0 Å². The fourth-order valence-electron chi connectivity index (χ4n) is 4.18. The average molecular weight is 567 g/mol. The zero-order chi connectivity index (χ0) is 29.9. The number of hydrogen-bond donors (Lipinski definition) is 4. The van der Waals surface area contributed by atoms with Crippen molar-refractivity contribution in [2.24, 2.45) is 0 Å². The van der Waals surface area contributed by atoms with Crippen molar-refractivity contribution in [1.29, 1.82) is 0 Å². The molecule has 0 heterocycles. The van der Waals surface area contributed by atoms with Gasteiger partial charge in [0, 0.05) is 63.8 Å². The molecule has 0 saturated carbocycles. The van der Waals surface area contributed by atoms with Crippen molar-refractivity contribution in [2.75, 3.05) is 38.0 Å². The molecule has 0 bridgehead atoms. The number of carbonyl (C=O) groups excluding carboxylic acids is 2. The summed E-state index contributed by atoms with van der Waals surface area (Å²) in [4.78, 5) is 29.2. The van der Waals surface area contributed by atoms with Gasteiger partial charge < -0.3 is 14.5 Å². The third kappa shape index (κ3) is 8.82. The SMILES string of the molecule is CN(C)c1ccc(C(=O)NNCc2cc(CNNC(=O)c3ccc(N(C)C)cc3)cc(OCc3ccccc3)c2)cc1. The molecule has 0 aromatic heterocycles. The van der Waals surface area contributed by atoms with Crippen molar-refractivity contribution in [3.8, 4) is 5.75 Å². The van der Waals surface area contributed by atoms with Gasteiger partial charge in [0.2, 0.25) is 0 Å². The van der Waals surface area contributed by atoms with Crippen molar-refractivity contribution < 1.29 is 14.3 Å². The first kappa shape index (κ1) is 30.1. The highest BCUT2D eigenvalue weighted by Gasteiger charge is 2.09. The van der Waals surface area contributed by atoms with Gasteiger partial charge in [0.25, 0.3) is 11.8 Å². The second-order valence-corrected chi connectivity index (χ2v) is 10.3. The Balaban J connectivity index is 1.37. The normalized spacial score (nSPS) is 10.6. The van der Waals surface area contributed by atoms with Gasteiger partial charge in [-0.3, -0.25) is 20.4 Å². The molecule has 0 unspecified atom stereocenters. The number of ether oxygens (including phenoxy) is 1.